The molecule has 178 valence electrons. The minimum Gasteiger partial charge on any atom is -0.378 e. The average molecular weight is 440 g/mol. The molecule has 2 aliphatic rings. The predicted octanol–water partition coefficient (Wildman–Crippen LogP) is 1.44. The summed E-state index contributed by atoms with van der Waals surface area (Å²) in [5, 5.41) is 8.69. The smallest absolute Gasteiger partial charge is 0.329 e. The zero-order valence-corrected chi connectivity index (χ0v) is 19.3. The average Bonchev–Trinajstić information content (AvgIpc) is 3.25. The summed E-state index contributed by atoms with van der Waals surface area (Å²) in [6.07, 6.45) is 7.20. The molecule has 4 amide bonds. The third-order valence-electron chi connectivity index (χ3n) is 6.56. The molecule has 0 unspecified atom stereocenters. The van der Waals surface area contributed by atoms with Crippen LogP contribution >= 0.6 is 0 Å². The molecule has 9 nitrogen and oxygen atoms in total. The number of nitrogens with one attached hydrogen (secondary N) is 5. The van der Waals surface area contributed by atoms with Crippen LogP contribution in [-0.2, 0) is 14.3 Å². The van der Waals surface area contributed by atoms with Gasteiger partial charge >= 0.3 is 6.03 Å². The monoisotopic (exact) mass is 439 g/mol. The Balaban J connectivity index is 1.58. The lowest BCUT2D eigenvalue weighted by atomic mass is 9.81. The van der Waals surface area contributed by atoms with E-state index >= 15 is 0 Å². The Bertz CT molecular complexity index is 580. The Morgan fingerprint density at radius 3 is 2.32 bits per heavy atom. The van der Waals surface area contributed by atoms with E-state index < -0.39 is 0 Å². The molecule has 2 saturated carbocycles. The van der Waals surface area contributed by atoms with E-state index in [2.05, 4.69) is 26.8 Å². The first kappa shape index (κ1) is 25.4. The second kappa shape index (κ2) is 13.5. The molecule has 3 atom stereocenters. The van der Waals surface area contributed by atoms with Crippen LogP contribution in [0.4, 0.5) is 4.79 Å². The van der Waals surface area contributed by atoms with Gasteiger partial charge in [-0.05, 0) is 64.2 Å². The summed E-state index contributed by atoms with van der Waals surface area (Å²) in [7, 11) is 1.68. The molecule has 2 aliphatic carbocycles. The van der Waals surface area contributed by atoms with Gasteiger partial charge in [-0.1, -0.05) is 6.92 Å². The minimum atomic E-state index is -0.273. The van der Waals surface area contributed by atoms with E-state index in [9.17, 15) is 14.4 Å². The minimum absolute atomic E-state index is 0.0142. The van der Waals surface area contributed by atoms with E-state index in [1.54, 1.807) is 7.05 Å². The Kier molecular flexibility index (Phi) is 11.1. The molecule has 2 fully saturated rings. The first-order valence-electron chi connectivity index (χ1n) is 11.9. The number of urea groups is 1. The van der Waals surface area contributed by atoms with Crippen molar-refractivity contribution in [2.24, 2.45) is 17.8 Å². The fourth-order valence-electron chi connectivity index (χ4n) is 4.55. The van der Waals surface area contributed by atoms with Crippen molar-refractivity contribution in [3.8, 4) is 0 Å². The highest BCUT2D eigenvalue weighted by Crippen LogP contribution is 2.29. The standard InChI is InChI=1S/C22H41N5O4/c1-4-18(26-21(29)17-10-11-19(12-17)31-5-2)14-25-27-22(30)24-13-15-6-8-16(9-7-15)20(28)23-3/h15-19,25H,4-14H2,1-3H3,(H,23,28)(H,26,29)(H2,24,27,30)/t15?,16?,17-,18-,19-/m0/s1. The molecule has 2 rings (SSSR count). The van der Waals surface area contributed by atoms with Gasteiger partial charge in [0.1, 0.15) is 0 Å². The Morgan fingerprint density at radius 1 is 0.968 bits per heavy atom. The van der Waals surface area contributed by atoms with Crippen LogP contribution in [0, 0.1) is 17.8 Å². The van der Waals surface area contributed by atoms with Gasteiger partial charge in [0, 0.05) is 44.6 Å². The second-order valence-corrected chi connectivity index (χ2v) is 8.75. The van der Waals surface area contributed by atoms with Crippen LogP contribution in [0.5, 0.6) is 0 Å². The fraction of sp³-hybridized carbons (Fsp3) is 0.864. The number of hydrazine groups is 1. The molecule has 31 heavy (non-hydrogen) atoms. The SMILES string of the molecule is CCO[C@H]1CC[C@H](C(=O)N[C@@H](CC)CNNC(=O)NCC2CCC(C(=O)NC)CC2)C1. The summed E-state index contributed by atoms with van der Waals surface area (Å²) < 4.78 is 5.63. The van der Waals surface area contributed by atoms with Crippen molar-refractivity contribution in [2.45, 2.75) is 77.4 Å². The van der Waals surface area contributed by atoms with Gasteiger partial charge in [0.2, 0.25) is 11.8 Å². The summed E-state index contributed by atoms with van der Waals surface area (Å²) in [5.41, 5.74) is 5.58. The molecule has 9 heteroatoms. The quantitative estimate of drug-likeness (QED) is 0.312. The highest BCUT2D eigenvalue weighted by atomic mass is 16.5. The van der Waals surface area contributed by atoms with E-state index in [1.807, 2.05) is 13.8 Å². The molecule has 0 heterocycles. The third-order valence-corrected chi connectivity index (χ3v) is 6.56. The largest absolute Gasteiger partial charge is 0.378 e. The predicted molar refractivity (Wildman–Crippen MR) is 119 cm³/mol. The van der Waals surface area contributed by atoms with Gasteiger partial charge in [-0.25, -0.2) is 10.2 Å². The van der Waals surface area contributed by atoms with Crippen LogP contribution in [0.2, 0.25) is 0 Å². The zero-order valence-electron chi connectivity index (χ0n) is 19.3. The molecule has 0 saturated heterocycles. The summed E-state index contributed by atoms with van der Waals surface area (Å²) in [5.74, 6) is 0.717. The van der Waals surface area contributed by atoms with Crippen molar-refractivity contribution in [1.29, 1.82) is 0 Å². The maximum absolute atomic E-state index is 12.5. The first-order chi connectivity index (χ1) is 15.0. The number of amides is 4. The van der Waals surface area contributed by atoms with Crippen molar-refractivity contribution in [1.82, 2.24) is 26.8 Å². The van der Waals surface area contributed by atoms with Crippen molar-refractivity contribution < 1.29 is 19.1 Å². The maximum Gasteiger partial charge on any atom is 0.329 e. The Hall–Kier alpha value is -1.87. The second-order valence-electron chi connectivity index (χ2n) is 8.75. The summed E-state index contributed by atoms with van der Waals surface area (Å²) in [6, 6.07) is -0.316. The van der Waals surface area contributed by atoms with Crippen LogP contribution in [0.15, 0.2) is 0 Å². The van der Waals surface area contributed by atoms with Gasteiger partial charge < -0.3 is 20.7 Å². The van der Waals surface area contributed by atoms with Gasteiger partial charge in [-0.15, -0.1) is 0 Å². The Morgan fingerprint density at radius 2 is 1.68 bits per heavy atom. The number of hydrogen-bond donors (Lipinski definition) is 5. The van der Waals surface area contributed by atoms with Gasteiger partial charge in [0.25, 0.3) is 0 Å². The normalized spacial score (nSPS) is 26.7. The lowest BCUT2D eigenvalue weighted by Gasteiger charge is -2.27. The van der Waals surface area contributed by atoms with Gasteiger partial charge in [0.15, 0.2) is 0 Å². The van der Waals surface area contributed by atoms with Crippen LogP contribution in [-0.4, -0.2) is 56.7 Å². The number of rotatable bonds is 11. The van der Waals surface area contributed by atoms with Crippen molar-refractivity contribution >= 4 is 17.8 Å². The van der Waals surface area contributed by atoms with E-state index in [1.165, 1.54) is 0 Å². The molecule has 0 aliphatic heterocycles. The fourth-order valence-corrected chi connectivity index (χ4v) is 4.55. The van der Waals surface area contributed by atoms with Crippen molar-refractivity contribution in [3.05, 3.63) is 0 Å². The van der Waals surface area contributed by atoms with Crippen LogP contribution in [0.1, 0.15) is 65.2 Å². The summed E-state index contributed by atoms with van der Waals surface area (Å²) in [6.45, 7) is 5.75. The van der Waals surface area contributed by atoms with Crippen molar-refractivity contribution in [2.75, 3.05) is 26.7 Å². The molecular weight excluding hydrogens is 398 g/mol. The zero-order chi connectivity index (χ0) is 22.6. The number of hydrogen-bond acceptors (Lipinski definition) is 5. The Labute approximate surface area is 186 Å². The molecule has 0 aromatic heterocycles. The highest BCUT2D eigenvalue weighted by Gasteiger charge is 2.31. The first-order valence-corrected chi connectivity index (χ1v) is 11.9. The number of carbonyl (C=O) groups is 3. The van der Waals surface area contributed by atoms with Gasteiger partial charge in [0.05, 0.1) is 6.10 Å². The molecule has 5 N–H and O–H groups in total. The van der Waals surface area contributed by atoms with Crippen molar-refractivity contribution in [3.63, 3.8) is 0 Å². The topological polar surface area (TPSA) is 121 Å². The van der Waals surface area contributed by atoms with Crippen LogP contribution in [0.25, 0.3) is 0 Å². The van der Waals surface area contributed by atoms with Gasteiger partial charge in [-0.2, -0.15) is 0 Å². The third kappa shape index (κ3) is 8.65. The summed E-state index contributed by atoms with van der Waals surface area (Å²) in [4.78, 5) is 36.2. The molecular formula is C22H41N5O4. The van der Waals surface area contributed by atoms with E-state index in [0.29, 0.717) is 25.6 Å². The van der Waals surface area contributed by atoms with Crippen LogP contribution < -0.4 is 26.8 Å². The maximum atomic E-state index is 12.5. The molecule has 0 spiro atoms. The van der Waals surface area contributed by atoms with E-state index in [-0.39, 0.29) is 41.8 Å². The van der Waals surface area contributed by atoms with E-state index in [4.69, 9.17) is 4.74 Å². The number of carbonyl (C=O) groups excluding carboxylic acids is 3. The molecule has 0 bridgehead atoms. The van der Waals surface area contributed by atoms with Crippen LogP contribution in [0.3, 0.4) is 0 Å². The molecule has 0 aromatic rings. The lowest BCUT2D eigenvalue weighted by molar-refractivity contribution is -0.126. The molecule has 0 radical (unpaired) electrons. The lowest BCUT2D eigenvalue weighted by Crippen LogP contribution is -2.51. The number of ether oxygens (including phenoxy) is 1. The highest BCUT2D eigenvalue weighted by molar-refractivity contribution is 5.79. The summed E-state index contributed by atoms with van der Waals surface area (Å²) >= 11 is 0. The molecule has 0 aromatic carbocycles. The van der Waals surface area contributed by atoms with E-state index in [0.717, 1.165) is 51.4 Å². The van der Waals surface area contributed by atoms with Gasteiger partial charge in [-0.3, -0.25) is 15.0 Å².